The number of hydrogen-bond donors (Lipinski definition) is 2. The number of nitrogens with one attached hydrogen (secondary N) is 1. The van der Waals surface area contributed by atoms with E-state index in [1.165, 1.54) is 0 Å². The summed E-state index contributed by atoms with van der Waals surface area (Å²) in [6.45, 7) is 4.35. The topological polar surface area (TPSA) is 54.4 Å². The molecule has 1 unspecified atom stereocenters. The molecule has 0 amide bonds. The summed E-state index contributed by atoms with van der Waals surface area (Å²) in [5.74, 6) is 6.71. The molecule has 0 spiro atoms. The second-order valence-corrected chi connectivity index (χ2v) is 6.07. The fraction of sp³-hybridized carbons (Fsp3) is 0.500. The van der Waals surface area contributed by atoms with E-state index in [1.54, 1.807) is 0 Å². The van der Waals surface area contributed by atoms with Crippen LogP contribution in [0.5, 0.6) is 0 Å². The molecule has 0 aliphatic rings. The minimum atomic E-state index is -0.105. The highest BCUT2D eigenvalue weighted by molar-refractivity contribution is 6.31. The van der Waals surface area contributed by atoms with Crippen LogP contribution in [0.15, 0.2) is 28.7 Å². The Labute approximate surface area is 131 Å². The first kappa shape index (κ1) is 16.3. The number of rotatable bonds is 6. The molecule has 4 nitrogen and oxygen atoms in total. The molecular weight excluding hydrogens is 286 g/mol. The van der Waals surface area contributed by atoms with E-state index in [-0.39, 0.29) is 11.6 Å². The highest BCUT2D eigenvalue weighted by Crippen LogP contribution is 2.38. The van der Waals surface area contributed by atoms with E-state index in [4.69, 9.17) is 21.9 Å². The number of benzene rings is 1. The lowest BCUT2D eigenvalue weighted by Gasteiger charge is -2.43. The summed E-state index contributed by atoms with van der Waals surface area (Å²) in [5, 5.41) is 1.70. The number of nitrogens with two attached hydrogens (primary N) is 1. The second kappa shape index (κ2) is 6.36. The van der Waals surface area contributed by atoms with E-state index in [0.29, 0.717) is 5.02 Å². The van der Waals surface area contributed by atoms with E-state index in [0.717, 1.165) is 29.6 Å². The van der Waals surface area contributed by atoms with Gasteiger partial charge in [-0.15, -0.1) is 0 Å². The molecule has 0 saturated carbocycles. The number of halogens is 1. The fourth-order valence-electron chi connectivity index (χ4n) is 3.23. The molecule has 1 atom stereocenters. The Bertz CT molecular complexity index is 605. The van der Waals surface area contributed by atoms with Crippen molar-refractivity contribution >= 4 is 22.6 Å². The van der Waals surface area contributed by atoms with Crippen molar-refractivity contribution in [2.45, 2.75) is 38.3 Å². The average Bonchev–Trinajstić information content (AvgIpc) is 2.86. The van der Waals surface area contributed by atoms with E-state index in [2.05, 4.69) is 38.3 Å². The Balaban J connectivity index is 2.51. The molecule has 2 rings (SSSR count). The van der Waals surface area contributed by atoms with Gasteiger partial charge in [-0.1, -0.05) is 25.4 Å². The molecule has 1 heterocycles. The Morgan fingerprint density at radius 3 is 2.48 bits per heavy atom. The van der Waals surface area contributed by atoms with Crippen LogP contribution < -0.4 is 11.3 Å². The third-order valence-corrected chi connectivity index (χ3v) is 4.84. The van der Waals surface area contributed by atoms with Crippen LogP contribution in [0, 0.1) is 0 Å². The third kappa shape index (κ3) is 2.81. The molecule has 0 fully saturated rings. The van der Waals surface area contributed by atoms with Crippen molar-refractivity contribution in [3.05, 3.63) is 35.0 Å². The van der Waals surface area contributed by atoms with Gasteiger partial charge in [0.15, 0.2) is 0 Å². The number of furan rings is 1. The van der Waals surface area contributed by atoms with Crippen LogP contribution in [0.25, 0.3) is 11.0 Å². The van der Waals surface area contributed by atoms with E-state index < -0.39 is 0 Å². The van der Waals surface area contributed by atoms with Gasteiger partial charge in [-0.25, -0.2) is 5.43 Å². The maximum Gasteiger partial charge on any atom is 0.134 e. The number of hydrazine groups is 1. The van der Waals surface area contributed by atoms with Crippen molar-refractivity contribution < 1.29 is 4.42 Å². The summed E-state index contributed by atoms with van der Waals surface area (Å²) < 4.78 is 6.01. The highest BCUT2D eigenvalue weighted by Gasteiger charge is 2.40. The second-order valence-electron chi connectivity index (χ2n) is 5.64. The van der Waals surface area contributed by atoms with Crippen molar-refractivity contribution in [1.82, 2.24) is 10.3 Å². The molecule has 116 valence electrons. The zero-order valence-corrected chi connectivity index (χ0v) is 13.9. The zero-order chi connectivity index (χ0) is 15.6. The van der Waals surface area contributed by atoms with Crippen molar-refractivity contribution in [3.8, 4) is 0 Å². The van der Waals surface area contributed by atoms with Crippen LogP contribution in [0.1, 0.15) is 38.5 Å². The van der Waals surface area contributed by atoms with Gasteiger partial charge in [0.2, 0.25) is 0 Å². The predicted molar refractivity (Wildman–Crippen MR) is 88.3 cm³/mol. The lowest BCUT2D eigenvalue weighted by atomic mass is 9.82. The van der Waals surface area contributed by atoms with Crippen molar-refractivity contribution in [2.75, 3.05) is 14.1 Å². The molecule has 0 bridgehead atoms. The van der Waals surface area contributed by atoms with E-state index in [9.17, 15) is 0 Å². The quantitative estimate of drug-likeness (QED) is 0.631. The smallest absolute Gasteiger partial charge is 0.134 e. The number of hydrogen-bond acceptors (Lipinski definition) is 4. The van der Waals surface area contributed by atoms with Gasteiger partial charge in [0, 0.05) is 15.9 Å². The van der Waals surface area contributed by atoms with Gasteiger partial charge >= 0.3 is 0 Å². The predicted octanol–water partition coefficient (Wildman–Crippen LogP) is 3.71. The van der Waals surface area contributed by atoms with E-state index in [1.807, 2.05) is 24.3 Å². The van der Waals surface area contributed by atoms with Crippen molar-refractivity contribution in [3.63, 3.8) is 0 Å². The number of nitrogens with zero attached hydrogens (tertiary/aromatic N) is 1. The highest BCUT2D eigenvalue weighted by atomic mass is 35.5. The Morgan fingerprint density at radius 2 is 1.95 bits per heavy atom. The SMILES string of the molecule is CCC(CC)(C(NN)c1cc2cc(Cl)ccc2o1)N(C)C. The summed E-state index contributed by atoms with van der Waals surface area (Å²) in [4.78, 5) is 2.22. The molecule has 0 aliphatic heterocycles. The summed E-state index contributed by atoms with van der Waals surface area (Å²) in [5.41, 5.74) is 3.67. The summed E-state index contributed by atoms with van der Waals surface area (Å²) in [6.07, 6.45) is 1.92. The maximum atomic E-state index is 6.05. The van der Waals surface area contributed by atoms with Gasteiger partial charge in [0.05, 0.1) is 6.04 Å². The number of likely N-dealkylation sites (N-methyl/N-ethyl adjacent to an activating group) is 1. The van der Waals surface area contributed by atoms with Crippen LogP contribution in [-0.4, -0.2) is 24.5 Å². The lowest BCUT2D eigenvalue weighted by Crippen LogP contribution is -2.54. The van der Waals surface area contributed by atoms with Crippen molar-refractivity contribution in [1.29, 1.82) is 0 Å². The summed E-state index contributed by atoms with van der Waals surface area (Å²) in [7, 11) is 4.16. The van der Waals surface area contributed by atoms with Gasteiger partial charge in [0.25, 0.3) is 0 Å². The van der Waals surface area contributed by atoms with Crippen LogP contribution in [0.3, 0.4) is 0 Å². The first-order valence-corrected chi connectivity index (χ1v) is 7.68. The molecule has 3 N–H and O–H groups in total. The zero-order valence-electron chi connectivity index (χ0n) is 13.1. The van der Waals surface area contributed by atoms with Crippen LogP contribution in [0.4, 0.5) is 0 Å². The van der Waals surface area contributed by atoms with Gasteiger partial charge in [0.1, 0.15) is 11.3 Å². The minimum absolute atomic E-state index is 0.0892. The van der Waals surface area contributed by atoms with Gasteiger partial charge in [-0.3, -0.25) is 5.84 Å². The molecule has 5 heteroatoms. The lowest BCUT2D eigenvalue weighted by molar-refractivity contribution is 0.0787. The molecule has 21 heavy (non-hydrogen) atoms. The molecule has 2 aromatic rings. The van der Waals surface area contributed by atoms with Crippen LogP contribution in [0.2, 0.25) is 5.02 Å². The molecule has 0 aliphatic carbocycles. The monoisotopic (exact) mass is 309 g/mol. The normalized spacial score (nSPS) is 14.0. The summed E-state index contributed by atoms with van der Waals surface area (Å²) in [6, 6.07) is 7.57. The van der Waals surface area contributed by atoms with Gasteiger partial charge in [-0.05, 0) is 51.2 Å². The average molecular weight is 310 g/mol. The number of fused-ring (bicyclic) bond motifs is 1. The Morgan fingerprint density at radius 1 is 1.29 bits per heavy atom. The van der Waals surface area contributed by atoms with Gasteiger partial charge < -0.3 is 9.32 Å². The first-order valence-electron chi connectivity index (χ1n) is 7.31. The van der Waals surface area contributed by atoms with Crippen molar-refractivity contribution in [2.24, 2.45) is 5.84 Å². The fourth-order valence-corrected chi connectivity index (χ4v) is 3.41. The molecular formula is C16H24ClN3O. The first-order chi connectivity index (χ1) is 9.98. The molecule has 0 radical (unpaired) electrons. The largest absolute Gasteiger partial charge is 0.459 e. The third-order valence-electron chi connectivity index (χ3n) is 4.60. The summed E-state index contributed by atoms with van der Waals surface area (Å²) >= 11 is 6.05. The van der Waals surface area contributed by atoms with Gasteiger partial charge in [-0.2, -0.15) is 0 Å². The maximum absolute atomic E-state index is 6.05. The Kier molecular flexibility index (Phi) is 4.94. The molecule has 0 saturated heterocycles. The standard InChI is InChI=1S/C16H24ClN3O/c1-5-16(6-2,20(3)4)15(19-18)14-10-11-9-12(17)7-8-13(11)21-14/h7-10,15,19H,5-6,18H2,1-4H3. The van der Waals surface area contributed by atoms with E-state index >= 15 is 0 Å². The Hall–Kier alpha value is -1.07. The van der Waals surface area contributed by atoms with Crippen LogP contribution >= 0.6 is 11.6 Å². The molecule has 1 aromatic heterocycles. The van der Waals surface area contributed by atoms with Crippen LogP contribution in [-0.2, 0) is 0 Å². The minimum Gasteiger partial charge on any atom is -0.459 e. The molecule has 1 aromatic carbocycles.